The molecule has 1 aliphatic carbocycles. The molecule has 0 aromatic heterocycles. The van der Waals surface area contributed by atoms with Gasteiger partial charge in [0.15, 0.2) is 0 Å². The van der Waals surface area contributed by atoms with Gasteiger partial charge in [0.05, 0.1) is 17.0 Å². The van der Waals surface area contributed by atoms with E-state index in [1.165, 1.54) is 6.42 Å². The molecule has 20 heavy (non-hydrogen) atoms. The third kappa shape index (κ3) is 3.71. The molecule has 3 unspecified atom stereocenters. The van der Waals surface area contributed by atoms with E-state index in [4.69, 9.17) is 11.6 Å². The Bertz CT molecular complexity index is 500. The Labute approximate surface area is 131 Å². The maximum atomic E-state index is 9.40. The van der Waals surface area contributed by atoms with E-state index in [9.17, 15) is 5.26 Å². The molecule has 1 aliphatic rings. The van der Waals surface area contributed by atoms with Crippen molar-refractivity contribution >= 4 is 23.4 Å². The highest BCUT2D eigenvalue weighted by molar-refractivity contribution is 8.00. The summed E-state index contributed by atoms with van der Waals surface area (Å²) in [4.78, 5) is 1.11. The van der Waals surface area contributed by atoms with Gasteiger partial charge < -0.3 is 0 Å². The minimum Gasteiger partial charge on any atom is -0.198 e. The van der Waals surface area contributed by atoms with E-state index in [1.54, 1.807) is 11.8 Å². The summed E-state index contributed by atoms with van der Waals surface area (Å²) < 4.78 is 0. The van der Waals surface area contributed by atoms with Gasteiger partial charge in [0.25, 0.3) is 0 Å². The lowest BCUT2D eigenvalue weighted by Gasteiger charge is -2.39. The molecule has 108 valence electrons. The second-order valence-electron chi connectivity index (χ2n) is 6.70. The highest BCUT2D eigenvalue weighted by Gasteiger charge is 2.36. The zero-order chi connectivity index (χ0) is 14.8. The molecule has 0 heterocycles. The van der Waals surface area contributed by atoms with E-state index < -0.39 is 0 Å². The van der Waals surface area contributed by atoms with Crippen molar-refractivity contribution in [3.05, 3.63) is 29.3 Å². The van der Waals surface area contributed by atoms with Crippen molar-refractivity contribution < 1.29 is 0 Å². The van der Waals surface area contributed by atoms with Gasteiger partial charge in [0, 0.05) is 10.1 Å². The Hall–Kier alpha value is -0.650. The van der Waals surface area contributed by atoms with Crippen molar-refractivity contribution in [2.75, 3.05) is 0 Å². The van der Waals surface area contributed by atoms with Crippen LogP contribution in [0.2, 0.25) is 5.02 Å². The largest absolute Gasteiger partial charge is 0.198 e. The summed E-state index contributed by atoms with van der Waals surface area (Å²) in [5, 5.41) is 10.6. The lowest BCUT2D eigenvalue weighted by atomic mass is 9.70. The third-order valence-corrected chi connectivity index (χ3v) is 6.17. The summed E-state index contributed by atoms with van der Waals surface area (Å²) in [6.07, 6.45) is 3.29. The van der Waals surface area contributed by atoms with Crippen LogP contribution in [0.3, 0.4) is 0 Å². The van der Waals surface area contributed by atoms with Gasteiger partial charge in [-0.15, -0.1) is 11.8 Å². The van der Waals surface area contributed by atoms with Crippen LogP contribution in [0.4, 0.5) is 0 Å². The van der Waals surface area contributed by atoms with Crippen LogP contribution in [0.5, 0.6) is 0 Å². The van der Waals surface area contributed by atoms with Crippen LogP contribution in [0.15, 0.2) is 29.2 Å². The minimum atomic E-state index is 0.148. The zero-order valence-electron chi connectivity index (χ0n) is 12.4. The summed E-state index contributed by atoms with van der Waals surface area (Å²) in [5.41, 5.74) is 0.319. The number of nitrogens with zero attached hydrogens (tertiary/aromatic N) is 1. The Morgan fingerprint density at radius 1 is 1.25 bits per heavy atom. The van der Waals surface area contributed by atoms with Gasteiger partial charge in [-0.3, -0.25) is 0 Å². The summed E-state index contributed by atoms with van der Waals surface area (Å²) in [6.45, 7) is 6.92. The molecule has 3 atom stereocenters. The second kappa shape index (κ2) is 6.41. The molecule has 2 rings (SSSR count). The number of thioether (sulfide) groups is 1. The first-order valence-electron chi connectivity index (χ1n) is 7.22. The molecule has 1 saturated carbocycles. The number of hydrogen-bond donors (Lipinski definition) is 0. The van der Waals surface area contributed by atoms with Crippen LogP contribution in [-0.2, 0) is 0 Å². The van der Waals surface area contributed by atoms with Crippen LogP contribution in [0.25, 0.3) is 0 Å². The molecule has 1 aromatic rings. The Balaban J connectivity index is 2.14. The third-order valence-electron chi connectivity index (χ3n) is 4.30. The molecule has 0 saturated heterocycles. The number of benzene rings is 1. The SMILES string of the molecule is CC(C)(C)C1CCC(C#N)C(Sc2ccccc2Cl)C1. The molecule has 3 heteroatoms. The van der Waals surface area contributed by atoms with Gasteiger partial charge in [0.1, 0.15) is 0 Å². The van der Waals surface area contributed by atoms with Gasteiger partial charge >= 0.3 is 0 Å². The Kier molecular flexibility index (Phi) is 5.04. The van der Waals surface area contributed by atoms with Crippen molar-refractivity contribution in [2.45, 2.75) is 50.2 Å². The first-order chi connectivity index (χ1) is 9.41. The lowest BCUT2D eigenvalue weighted by molar-refractivity contribution is 0.169. The normalized spacial score (nSPS) is 27.1. The fourth-order valence-corrected chi connectivity index (χ4v) is 4.52. The van der Waals surface area contributed by atoms with Crippen LogP contribution in [0.1, 0.15) is 40.0 Å². The lowest BCUT2D eigenvalue weighted by Crippen LogP contribution is -2.33. The first kappa shape index (κ1) is 15.7. The molecule has 0 amide bonds. The Morgan fingerprint density at radius 3 is 2.55 bits per heavy atom. The molecule has 0 aliphatic heterocycles. The molecule has 1 fully saturated rings. The van der Waals surface area contributed by atoms with Crippen molar-refractivity contribution in [3.63, 3.8) is 0 Å². The van der Waals surface area contributed by atoms with Gasteiger partial charge in [0.2, 0.25) is 0 Å². The van der Waals surface area contributed by atoms with E-state index in [2.05, 4.69) is 32.9 Å². The smallest absolute Gasteiger partial charge is 0.0667 e. The van der Waals surface area contributed by atoms with E-state index in [0.717, 1.165) is 22.8 Å². The van der Waals surface area contributed by atoms with Crippen molar-refractivity contribution in [2.24, 2.45) is 17.3 Å². The molecular formula is C17H22ClNS. The highest BCUT2D eigenvalue weighted by Crippen LogP contribution is 2.46. The van der Waals surface area contributed by atoms with Crippen LogP contribution in [-0.4, -0.2) is 5.25 Å². The molecule has 0 spiro atoms. The molecule has 0 bridgehead atoms. The van der Waals surface area contributed by atoms with E-state index in [-0.39, 0.29) is 5.92 Å². The molecular weight excluding hydrogens is 286 g/mol. The second-order valence-corrected chi connectivity index (χ2v) is 8.39. The maximum Gasteiger partial charge on any atom is 0.0667 e. The fraction of sp³-hybridized carbons (Fsp3) is 0.588. The van der Waals surface area contributed by atoms with Crippen molar-refractivity contribution in [3.8, 4) is 6.07 Å². The average molecular weight is 308 g/mol. The first-order valence-corrected chi connectivity index (χ1v) is 8.48. The number of nitriles is 1. The minimum absolute atomic E-state index is 0.148. The number of halogens is 1. The van der Waals surface area contributed by atoms with Crippen LogP contribution < -0.4 is 0 Å². The van der Waals surface area contributed by atoms with Gasteiger partial charge in [-0.1, -0.05) is 44.5 Å². The van der Waals surface area contributed by atoms with Gasteiger partial charge in [-0.25, -0.2) is 0 Å². The van der Waals surface area contributed by atoms with Crippen LogP contribution >= 0.6 is 23.4 Å². The Morgan fingerprint density at radius 2 is 1.95 bits per heavy atom. The maximum absolute atomic E-state index is 9.40. The number of rotatable bonds is 2. The number of hydrogen-bond acceptors (Lipinski definition) is 2. The van der Waals surface area contributed by atoms with Crippen molar-refractivity contribution in [1.29, 1.82) is 5.26 Å². The monoisotopic (exact) mass is 307 g/mol. The molecule has 0 N–H and O–H groups in total. The standard InChI is InChI=1S/C17H22ClNS/c1-17(2,3)13-9-8-12(11-19)16(10-13)20-15-7-5-4-6-14(15)18/h4-7,12-13,16H,8-10H2,1-3H3. The van der Waals surface area contributed by atoms with Gasteiger partial charge in [-0.2, -0.15) is 5.26 Å². The van der Waals surface area contributed by atoms with Crippen molar-refractivity contribution in [1.82, 2.24) is 0 Å². The summed E-state index contributed by atoms with van der Waals surface area (Å²) in [7, 11) is 0. The van der Waals surface area contributed by atoms with E-state index >= 15 is 0 Å². The zero-order valence-corrected chi connectivity index (χ0v) is 14.0. The predicted octanol–water partition coefficient (Wildman–Crippen LogP) is 5.79. The van der Waals surface area contributed by atoms with Crippen LogP contribution in [0, 0.1) is 28.6 Å². The topological polar surface area (TPSA) is 23.8 Å². The quantitative estimate of drug-likeness (QED) is 0.690. The average Bonchev–Trinajstić information content (AvgIpc) is 2.40. The molecule has 1 aromatic carbocycles. The molecule has 0 radical (unpaired) electrons. The summed E-state index contributed by atoms with van der Waals surface area (Å²) in [5.74, 6) is 0.835. The summed E-state index contributed by atoms with van der Waals surface area (Å²) >= 11 is 8.05. The fourth-order valence-electron chi connectivity index (χ4n) is 2.90. The predicted molar refractivity (Wildman–Crippen MR) is 87.0 cm³/mol. The molecule has 1 nitrogen and oxygen atoms in total. The van der Waals surface area contributed by atoms with Gasteiger partial charge in [-0.05, 0) is 42.7 Å². The summed E-state index contributed by atoms with van der Waals surface area (Å²) in [6, 6.07) is 10.5. The van der Waals surface area contributed by atoms with E-state index in [0.29, 0.717) is 16.6 Å². The van der Waals surface area contributed by atoms with E-state index in [1.807, 2.05) is 18.2 Å². The highest BCUT2D eigenvalue weighted by atomic mass is 35.5.